The molecule has 1 aromatic carbocycles. The molecule has 10 heteroatoms. The molecule has 3 aromatic rings. The number of carbonyl (C=O) groups is 2. The monoisotopic (exact) mass is 545 g/mol. The van der Waals surface area contributed by atoms with Gasteiger partial charge in [-0.3, -0.25) is 9.48 Å². The number of nitrogens with one attached hydrogen (secondary N) is 1. The first-order valence-corrected chi connectivity index (χ1v) is 14.2. The van der Waals surface area contributed by atoms with Gasteiger partial charge in [-0.05, 0) is 75.3 Å². The first-order chi connectivity index (χ1) is 19.0. The Balaban J connectivity index is 1.20. The van der Waals surface area contributed by atoms with Crippen LogP contribution in [0.2, 0.25) is 0 Å². The van der Waals surface area contributed by atoms with Crippen LogP contribution in [-0.4, -0.2) is 62.2 Å². The molecule has 1 aliphatic heterocycles. The molecule has 0 unspecified atom stereocenters. The summed E-state index contributed by atoms with van der Waals surface area (Å²) in [6.07, 6.45) is 8.65. The molecule has 1 saturated heterocycles. The summed E-state index contributed by atoms with van der Waals surface area (Å²) in [5.41, 5.74) is 9.69. The molecule has 2 aromatic heterocycles. The Hall–Kier alpha value is -3.82. The molecular weight excluding hydrogens is 506 g/mol. The van der Waals surface area contributed by atoms with Gasteiger partial charge >= 0.3 is 6.09 Å². The fourth-order valence-corrected chi connectivity index (χ4v) is 6.36. The summed E-state index contributed by atoms with van der Waals surface area (Å²) in [5.74, 6) is 0.793. The Morgan fingerprint density at radius 2 is 2.00 bits per heavy atom. The highest BCUT2D eigenvalue weighted by molar-refractivity contribution is 6.03. The summed E-state index contributed by atoms with van der Waals surface area (Å²) in [6, 6.07) is 8.80. The summed E-state index contributed by atoms with van der Waals surface area (Å²) in [6.45, 7) is 7.68. The normalized spacial score (nSPS) is 22.4. The van der Waals surface area contributed by atoms with Gasteiger partial charge in [0, 0.05) is 31.9 Å². The van der Waals surface area contributed by atoms with Crippen LogP contribution in [0.1, 0.15) is 86.3 Å². The number of carbonyl (C=O) groups excluding carboxylic acids is 2. The molecule has 40 heavy (non-hydrogen) atoms. The van der Waals surface area contributed by atoms with Crippen LogP contribution in [-0.2, 0) is 11.3 Å². The van der Waals surface area contributed by atoms with Gasteiger partial charge in [0.15, 0.2) is 0 Å². The highest BCUT2D eigenvalue weighted by Crippen LogP contribution is 2.55. The quantitative estimate of drug-likeness (QED) is 0.441. The van der Waals surface area contributed by atoms with Crippen molar-refractivity contribution in [2.24, 2.45) is 11.1 Å². The number of amides is 2. The topological polar surface area (TPSA) is 120 Å². The summed E-state index contributed by atoms with van der Waals surface area (Å²) < 4.78 is 9.38. The highest BCUT2D eigenvalue weighted by Gasteiger charge is 2.51. The van der Waals surface area contributed by atoms with E-state index in [9.17, 15) is 9.59 Å². The molecule has 0 radical (unpaired) electrons. The number of hydrogen-bond acceptors (Lipinski definition) is 6. The van der Waals surface area contributed by atoms with Gasteiger partial charge in [-0.2, -0.15) is 10.2 Å². The number of rotatable bonds is 7. The summed E-state index contributed by atoms with van der Waals surface area (Å²) in [7, 11) is 1.79. The van der Waals surface area contributed by atoms with Gasteiger partial charge in [-0.25, -0.2) is 9.48 Å². The van der Waals surface area contributed by atoms with Crippen LogP contribution < -0.4 is 11.1 Å². The minimum atomic E-state index is -0.526. The molecule has 6 rings (SSSR count). The SMILES string of the molecule is CNc1c(C(N)=O)c(-c2cnn(Cc3cccc(C4CC4)c3)c2)nn1C1CC2(CCN(C(=O)OC(C)(C)C)C2)C1. The smallest absolute Gasteiger partial charge is 0.410 e. The van der Waals surface area contributed by atoms with Crippen molar-refractivity contribution in [1.29, 1.82) is 0 Å². The van der Waals surface area contributed by atoms with Crippen molar-refractivity contribution >= 4 is 17.8 Å². The maximum absolute atomic E-state index is 12.6. The van der Waals surface area contributed by atoms with Crippen molar-refractivity contribution < 1.29 is 14.3 Å². The van der Waals surface area contributed by atoms with Crippen LogP contribution in [0.5, 0.6) is 0 Å². The number of likely N-dealkylation sites (tertiary alicyclic amines) is 1. The number of nitrogens with zero attached hydrogens (tertiary/aromatic N) is 5. The van der Waals surface area contributed by atoms with Crippen molar-refractivity contribution in [3.63, 3.8) is 0 Å². The van der Waals surface area contributed by atoms with Gasteiger partial charge < -0.3 is 20.7 Å². The number of hydrogen-bond donors (Lipinski definition) is 2. The minimum absolute atomic E-state index is 0.0471. The Morgan fingerprint density at radius 3 is 2.67 bits per heavy atom. The van der Waals surface area contributed by atoms with E-state index in [1.807, 2.05) is 41.2 Å². The maximum Gasteiger partial charge on any atom is 0.410 e. The molecule has 3 aliphatic rings. The van der Waals surface area contributed by atoms with Crippen LogP contribution in [0.3, 0.4) is 0 Å². The molecule has 3 heterocycles. The Kier molecular flexibility index (Phi) is 6.39. The summed E-state index contributed by atoms with van der Waals surface area (Å²) in [5, 5.41) is 12.7. The lowest BCUT2D eigenvalue weighted by atomic mass is 9.65. The third-order valence-corrected chi connectivity index (χ3v) is 8.42. The first-order valence-electron chi connectivity index (χ1n) is 14.2. The molecule has 0 atom stereocenters. The summed E-state index contributed by atoms with van der Waals surface area (Å²) >= 11 is 0. The van der Waals surface area contributed by atoms with Crippen LogP contribution in [0.4, 0.5) is 10.6 Å². The van der Waals surface area contributed by atoms with E-state index in [0.29, 0.717) is 42.6 Å². The van der Waals surface area contributed by atoms with Crippen molar-refractivity contribution in [3.05, 3.63) is 53.3 Å². The molecule has 2 aliphatic carbocycles. The van der Waals surface area contributed by atoms with E-state index in [-0.39, 0.29) is 17.6 Å². The van der Waals surface area contributed by atoms with Gasteiger partial charge in [0.2, 0.25) is 0 Å². The van der Waals surface area contributed by atoms with Crippen LogP contribution in [0.25, 0.3) is 11.3 Å². The lowest BCUT2D eigenvalue weighted by Gasteiger charge is -2.45. The fourth-order valence-electron chi connectivity index (χ4n) is 6.36. The Bertz CT molecular complexity index is 1440. The van der Waals surface area contributed by atoms with E-state index in [1.165, 1.54) is 24.0 Å². The number of aromatic nitrogens is 4. The van der Waals surface area contributed by atoms with Crippen molar-refractivity contribution in [2.45, 2.75) is 77.0 Å². The van der Waals surface area contributed by atoms with E-state index in [0.717, 1.165) is 24.8 Å². The fraction of sp³-hybridized carbons (Fsp3) is 0.533. The lowest BCUT2D eigenvalue weighted by molar-refractivity contribution is 0.0187. The second-order valence-electron chi connectivity index (χ2n) is 12.8. The van der Waals surface area contributed by atoms with Gasteiger partial charge in [-0.15, -0.1) is 0 Å². The van der Waals surface area contributed by atoms with Gasteiger partial charge in [0.1, 0.15) is 22.7 Å². The predicted molar refractivity (Wildman–Crippen MR) is 152 cm³/mol. The van der Waals surface area contributed by atoms with E-state index in [2.05, 4.69) is 34.7 Å². The minimum Gasteiger partial charge on any atom is -0.444 e. The molecule has 1 spiro atoms. The average molecular weight is 546 g/mol. The largest absolute Gasteiger partial charge is 0.444 e. The standard InChI is InChI=1S/C30H39N7O3/c1-29(2,3)40-28(39)35-11-10-30(18-35)13-23(14-30)37-27(32-4)24(26(31)38)25(34-37)22-15-33-36(17-22)16-19-6-5-7-21(12-19)20-8-9-20/h5-7,12,15,17,20,23,32H,8-11,13-14,16,18H2,1-4H3,(H2,31,38). The van der Waals surface area contributed by atoms with Gasteiger partial charge in [0.05, 0.1) is 18.8 Å². The van der Waals surface area contributed by atoms with Crippen molar-refractivity contribution in [3.8, 4) is 11.3 Å². The van der Waals surface area contributed by atoms with Crippen LogP contribution >= 0.6 is 0 Å². The van der Waals surface area contributed by atoms with E-state index >= 15 is 0 Å². The maximum atomic E-state index is 12.6. The second-order valence-corrected chi connectivity index (χ2v) is 12.8. The molecule has 2 amide bonds. The number of anilines is 1. The predicted octanol–water partition coefficient (Wildman–Crippen LogP) is 4.78. The number of primary amides is 1. The van der Waals surface area contributed by atoms with Crippen molar-refractivity contribution in [2.75, 3.05) is 25.5 Å². The third kappa shape index (κ3) is 5.07. The number of nitrogens with two attached hydrogens (primary N) is 1. The lowest BCUT2D eigenvalue weighted by Crippen LogP contribution is -2.43. The second kappa shape index (κ2) is 9.67. The molecule has 0 bridgehead atoms. The first kappa shape index (κ1) is 26.4. The molecule has 212 valence electrons. The van der Waals surface area contributed by atoms with Crippen LogP contribution in [0, 0.1) is 5.41 Å². The molecule has 10 nitrogen and oxygen atoms in total. The van der Waals surface area contributed by atoms with Gasteiger partial charge in [-0.1, -0.05) is 24.3 Å². The zero-order chi connectivity index (χ0) is 28.2. The van der Waals surface area contributed by atoms with E-state index in [1.54, 1.807) is 13.2 Å². The molecule has 2 saturated carbocycles. The van der Waals surface area contributed by atoms with Crippen molar-refractivity contribution in [1.82, 2.24) is 24.5 Å². The Morgan fingerprint density at radius 1 is 1.23 bits per heavy atom. The number of benzene rings is 1. The van der Waals surface area contributed by atoms with Crippen LogP contribution in [0.15, 0.2) is 36.7 Å². The zero-order valence-electron chi connectivity index (χ0n) is 23.8. The molecular formula is C30H39N7O3. The average Bonchev–Trinajstić information content (AvgIpc) is 3.28. The van der Waals surface area contributed by atoms with Gasteiger partial charge in [0.25, 0.3) is 5.91 Å². The molecule has 3 fully saturated rings. The Labute approximate surface area is 234 Å². The number of ether oxygens (including phenoxy) is 1. The van der Waals surface area contributed by atoms with E-state index in [4.69, 9.17) is 15.6 Å². The summed E-state index contributed by atoms with van der Waals surface area (Å²) in [4.78, 5) is 27.1. The third-order valence-electron chi connectivity index (χ3n) is 8.42. The van der Waals surface area contributed by atoms with E-state index < -0.39 is 11.5 Å². The highest BCUT2D eigenvalue weighted by atomic mass is 16.6. The molecule has 3 N–H and O–H groups in total. The zero-order valence-corrected chi connectivity index (χ0v) is 23.8.